The van der Waals surface area contributed by atoms with Crippen molar-refractivity contribution in [3.8, 4) is 0 Å². The van der Waals surface area contributed by atoms with Gasteiger partial charge in [-0.05, 0) is 31.4 Å². The third-order valence-electron chi connectivity index (χ3n) is 3.03. The number of aromatic nitrogens is 1. The number of hydrogen-bond acceptors (Lipinski definition) is 5. The molecule has 0 bridgehead atoms. The lowest BCUT2D eigenvalue weighted by atomic mass is 9.93. The Labute approximate surface area is 113 Å². The molecule has 0 spiro atoms. The molecule has 0 unspecified atom stereocenters. The average molecular weight is 266 g/mol. The van der Waals surface area contributed by atoms with Gasteiger partial charge in [-0.15, -0.1) is 0 Å². The molecule has 0 atom stereocenters. The second-order valence-corrected chi connectivity index (χ2v) is 5.50. The fourth-order valence-electron chi connectivity index (χ4n) is 1.84. The smallest absolute Gasteiger partial charge is 0.311 e. The number of nitrogens with two attached hydrogens (primary N) is 1. The fraction of sp³-hybridized carbons (Fsp3) is 0.615. The predicted molar refractivity (Wildman–Crippen MR) is 76.4 cm³/mol. The van der Waals surface area contributed by atoms with Gasteiger partial charge in [-0.3, -0.25) is 10.1 Å². The van der Waals surface area contributed by atoms with E-state index in [1.807, 2.05) is 25.7 Å². The summed E-state index contributed by atoms with van der Waals surface area (Å²) in [6, 6.07) is 1.56. The summed E-state index contributed by atoms with van der Waals surface area (Å²) in [5.74, 6) is 0.416. The highest BCUT2D eigenvalue weighted by Crippen LogP contribution is 2.28. The fourth-order valence-corrected chi connectivity index (χ4v) is 1.84. The Balaban J connectivity index is 3.15. The maximum absolute atomic E-state index is 11.1. The standard InChI is InChI=1S/C13H22N4O2/c1-5-16(9-13(3,4)8-14)12-11(17(18)19)6-10(2)7-15-12/h6-7H,5,8-9,14H2,1-4H3. The van der Waals surface area contributed by atoms with Crippen LogP contribution in [0.1, 0.15) is 26.3 Å². The van der Waals surface area contributed by atoms with Crippen molar-refractivity contribution in [1.82, 2.24) is 4.98 Å². The summed E-state index contributed by atoms with van der Waals surface area (Å²) in [6.07, 6.45) is 1.65. The molecular formula is C13H22N4O2. The molecule has 0 radical (unpaired) electrons. The summed E-state index contributed by atoms with van der Waals surface area (Å²) in [6.45, 7) is 9.63. The highest BCUT2D eigenvalue weighted by molar-refractivity contribution is 5.58. The van der Waals surface area contributed by atoms with E-state index >= 15 is 0 Å². The highest BCUT2D eigenvalue weighted by atomic mass is 16.6. The molecule has 106 valence electrons. The van der Waals surface area contributed by atoms with Crippen LogP contribution in [0.15, 0.2) is 12.3 Å². The van der Waals surface area contributed by atoms with Crippen molar-refractivity contribution in [2.75, 3.05) is 24.5 Å². The summed E-state index contributed by atoms with van der Waals surface area (Å²) in [5, 5.41) is 11.1. The number of pyridine rings is 1. The van der Waals surface area contributed by atoms with Gasteiger partial charge < -0.3 is 10.6 Å². The van der Waals surface area contributed by atoms with E-state index in [0.717, 1.165) is 5.56 Å². The Hall–Kier alpha value is -1.69. The minimum Gasteiger partial charge on any atom is -0.351 e. The minimum atomic E-state index is -0.382. The van der Waals surface area contributed by atoms with E-state index in [9.17, 15) is 10.1 Å². The summed E-state index contributed by atoms with van der Waals surface area (Å²) in [4.78, 5) is 16.9. The van der Waals surface area contributed by atoms with Crippen molar-refractivity contribution in [3.05, 3.63) is 27.9 Å². The van der Waals surface area contributed by atoms with Gasteiger partial charge in [0.05, 0.1) is 4.92 Å². The molecule has 19 heavy (non-hydrogen) atoms. The third-order valence-corrected chi connectivity index (χ3v) is 3.03. The van der Waals surface area contributed by atoms with Crippen LogP contribution in [0.4, 0.5) is 11.5 Å². The molecule has 1 heterocycles. The zero-order valence-electron chi connectivity index (χ0n) is 12.0. The third kappa shape index (κ3) is 3.89. The van der Waals surface area contributed by atoms with E-state index in [0.29, 0.717) is 25.5 Å². The minimum absolute atomic E-state index is 0.0506. The van der Waals surface area contributed by atoms with Gasteiger partial charge in [0.2, 0.25) is 5.82 Å². The number of nitrogens with zero attached hydrogens (tertiary/aromatic N) is 3. The first kappa shape index (κ1) is 15.4. The Morgan fingerprint density at radius 2 is 2.16 bits per heavy atom. The van der Waals surface area contributed by atoms with Crippen molar-refractivity contribution in [1.29, 1.82) is 0 Å². The van der Waals surface area contributed by atoms with E-state index in [2.05, 4.69) is 4.98 Å². The molecule has 0 aliphatic heterocycles. The topological polar surface area (TPSA) is 85.3 Å². The lowest BCUT2D eigenvalue weighted by Crippen LogP contribution is -2.39. The zero-order valence-corrected chi connectivity index (χ0v) is 12.0. The van der Waals surface area contributed by atoms with Crippen LogP contribution < -0.4 is 10.6 Å². The molecule has 0 aliphatic rings. The largest absolute Gasteiger partial charge is 0.351 e. The van der Waals surface area contributed by atoms with Crippen LogP contribution in [0, 0.1) is 22.5 Å². The first-order valence-electron chi connectivity index (χ1n) is 6.37. The molecule has 0 amide bonds. The number of nitro groups is 1. The number of anilines is 1. The van der Waals surface area contributed by atoms with E-state index < -0.39 is 0 Å². The molecule has 0 aromatic carbocycles. The Bertz CT molecular complexity index is 460. The van der Waals surface area contributed by atoms with Gasteiger partial charge in [0.15, 0.2) is 0 Å². The molecule has 1 aromatic heterocycles. The van der Waals surface area contributed by atoms with E-state index in [-0.39, 0.29) is 16.0 Å². The zero-order chi connectivity index (χ0) is 14.6. The SMILES string of the molecule is CCN(CC(C)(C)CN)c1ncc(C)cc1[N+](=O)[O-]. The van der Waals surface area contributed by atoms with Gasteiger partial charge in [0.1, 0.15) is 0 Å². The normalized spacial score (nSPS) is 11.4. The first-order valence-corrected chi connectivity index (χ1v) is 6.37. The van der Waals surface area contributed by atoms with Crippen molar-refractivity contribution in [2.24, 2.45) is 11.1 Å². The molecule has 1 aromatic rings. The number of hydrogen-bond donors (Lipinski definition) is 1. The second kappa shape index (κ2) is 5.97. The quantitative estimate of drug-likeness (QED) is 0.629. The summed E-state index contributed by atoms with van der Waals surface area (Å²) >= 11 is 0. The van der Waals surface area contributed by atoms with Crippen LogP contribution in [0.25, 0.3) is 0 Å². The van der Waals surface area contributed by atoms with E-state index in [1.165, 1.54) is 0 Å². The number of rotatable bonds is 6. The van der Waals surface area contributed by atoms with Gasteiger partial charge in [0.25, 0.3) is 0 Å². The molecule has 6 nitrogen and oxygen atoms in total. The highest BCUT2D eigenvalue weighted by Gasteiger charge is 2.25. The van der Waals surface area contributed by atoms with Gasteiger partial charge in [-0.25, -0.2) is 4.98 Å². The summed E-state index contributed by atoms with van der Waals surface area (Å²) in [5.41, 5.74) is 6.45. The van der Waals surface area contributed by atoms with E-state index in [4.69, 9.17) is 5.73 Å². The van der Waals surface area contributed by atoms with Crippen molar-refractivity contribution in [3.63, 3.8) is 0 Å². The van der Waals surface area contributed by atoms with Crippen molar-refractivity contribution in [2.45, 2.75) is 27.7 Å². The Kier molecular flexibility index (Phi) is 4.83. The molecule has 2 N–H and O–H groups in total. The van der Waals surface area contributed by atoms with Gasteiger partial charge in [0, 0.05) is 25.4 Å². The van der Waals surface area contributed by atoms with Gasteiger partial charge in [-0.1, -0.05) is 13.8 Å². The van der Waals surface area contributed by atoms with Gasteiger partial charge in [-0.2, -0.15) is 0 Å². The molecule has 0 saturated carbocycles. The van der Waals surface area contributed by atoms with Gasteiger partial charge >= 0.3 is 5.69 Å². The Morgan fingerprint density at radius 1 is 1.53 bits per heavy atom. The first-order chi connectivity index (χ1) is 8.80. The van der Waals surface area contributed by atoms with Crippen LogP contribution in [0.5, 0.6) is 0 Å². The molecule has 1 rings (SSSR count). The molecule has 6 heteroatoms. The predicted octanol–water partition coefficient (Wildman–Crippen LogP) is 2.11. The van der Waals surface area contributed by atoms with Crippen LogP contribution >= 0.6 is 0 Å². The molecule has 0 saturated heterocycles. The maximum Gasteiger partial charge on any atom is 0.311 e. The van der Waals surface area contributed by atoms with Crippen molar-refractivity contribution >= 4 is 11.5 Å². The van der Waals surface area contributed by atoms with Crippen LogP contribution in [-0.4, -0.2) is 29.5 Å². The van der Waals surface area contributed by atoms with Crippen molar-refractivity contribution < 1.29 is 4.92 Å². The maximum atomic E-state index is 11.1. The van der Waals surface area contributed by atoms with Crippen LogP contribution in [0.2, 0.25) is 0 Å². The molecular weight excluding hydrogens is 244 g/mol. The molecule has 0 aliphatic carbocycles. The monoisotopic (exact) mass is 266 g/mol. The Morgan fingerprint density at radius 3 is 2.63 bits per heavy atom. The van der Waals surface area contributed by atoms with E-state index in [1.54, 1.807) is 19.2 Å². The van der Waals surface area contributed by atoms with Crippen LogP contribution in [-0.2, 0) is 0 Å². The second-order valence-electron chi connectivity index (χ2n) is 5.50. The van der Waals surface area contributed by atoms with Crippen LogP contribution in [0.3, 0.4) is 0 Å². The lowest BCUT2D eigenvalue weighted by Gasteiger charge is -2.31. The summed E-state index contributed by atoms with van der Waals surface area (Å²) < 4.78 is 0. The number of aryl methyl sites for hydroxylation is 1. The summed E-state index contributed by atoms with van der Waals surface area (Å²) in [7, 11) is 0. The lowest BCUT2D eigenvalue weighted by molar-refractivity contribution is -0.384. The molecule has 0 fully saturated rings. The average Bonchev–Trinajstić information content (AvgIpc) is 2.36.